The van der Waals surface area contributed by atoms with Crippen LogP contribution in [0.5, 0.6) is 0 Å². The van der Waals surface area contributed by atoms with E-state index in [1.165, 1.54) is 11.1 Å². The predicted octanol–water partition coefficient (Wildman–Crippen LogP) is 1.82. The molecule has 0 spiro atoms. The van der Waals surface area contributed by atoms with Gasteiger partial charge in [0, 0.05) is 11.5 Å². The number of likely N-dealkylation sites (tertiary alicyclic amines) is 1. The number of carbonyl (C=O) groups is 1. The molecule has 1 heterocycles. The van der Waals surface area contributed by atoms with Crippen LogP contribution >= 0.6 is 0 Å². The quantitative estimate of drug-likeness (QED) is 0.539. The highest BCUT2D eigenvalue weighted by Gasteiger charge is 2.47. The van der Waals surface area contributed by atoms with Crippen LogP contribution in [0.3, 0.4) is 0 Å². The third-order valence-corrected chi connectivity index (χ3v) is 3.75. The fourth-order valence-corrected chi connectivity index (χ4v) is 2.99. The van der Waals surface area contributed by atoms with Crippen LogP contribution in [0.15, 0.2) is 36.4 Å². The first kappa shape index (κ1) is 10.1. The Labute approximate surface area is 100.0 Å². The second kappa shape index (κ2) is 3.46. The molecule has 1 saturated heterocycles. The maximum absolute atomic E-state index is 12.0. The van der Waals surface area contributed by atoms with Crippen molar-refractivity contribution in [2.24, 2.45) is 5.92 Å². The average Bonchev–Trinajstić information content (AvgIpc) is 2.82. The molecule has 0 bridgehead atoms. The van der Waals surface area contributed by atoms with Crippen LogP contribution in [0.25, 0.3) is 0 Å². The van der Waals surface area contributed by atoms with Crippen LogP contribution in [0.1, 0.15) is 17.2 Å². The van der Waals surface area contributed by atoms with Gasteiger partial charge in [-0.2, -0.15) is 5.26 Å². The van der Waals surface area contributed by atoms with E-state index in [-0.39, 0.29) is 24.4 Å². The largest absolute Gasteiger partial charge is 0.318 e. The van der Waals surface area contributed by atoms with Gasteiger partial charge in [0.15, 0.2) is 0 Å². The maximum Gasteiger partial charge on any atom is 0.250 e. The number of nitriles is 1. The summed E-state index contributed by atoms with van der Waals surface area (Å²) in [6, 6.07) is 10.2. The van der Waals surface area contributed by atoms with E-state index in [0.29, 0.717) is 5.57 Å². The molecule has 1 aromatic rings. The molecule has 84 valence electrons. The zero-order valence-corrected chi connectivity index (χ0v) is 9.39. The van der Waals surface area contributed by atoms with Gasteiger partial charge < -0.3 is 4.90 Å². The smallest absolute Gasteiger partial charge is 0.250 e. The SMILES string of the molecule is C=C1C(=O)N(CC#N)C2c3ccccc3CC12. The van der Waals surface area contributed by atoms with E-state index in [4.69, 9.17) is 5.26 Å². The summed E-state index contributed by atoms with van der Waals surface area (Å²) in [5.74, 6) is 0.101. The highest BCUT2D eigenvalue weighted by molar-refractivity contribution is 5.97. The number of hydrogen-bond acceptors (Lipinski definition) is 2. The normalized spacial score (nSPS) is 25.7. The number of nitrogens with zero attached hydrogens (tertiary/aromatic N) is 2. The van der Waals surface area contributed by atoms with Crippen molar-refractivity contribution in [2.45, 2.75) is 12.5 Å². The molecule has 0 radical (unpaired) electrons. The van der Waals surface area contributed by atoms with Gasteiger partial charge in [0.1, 0.15) is 6.54 Å². The van der Waals surface area contributed by atoms with Crippen LogP contribution in [0.2, 0.25) is 0 Å². The minimum Gasteiger partial charge on any atom is -0.318 e. The fourth-order valence-electron chi connectivity index (χ4n) is 2.99. The van der Waals surface area contributed by atoms with Crippen LogP contribution in [-0.2, 0) is 11.2 Å². The topological polar surface area (TPSA) is 44.1 Å². The first-order valence-corrected chi connectivity index (χ1v) is 5.68. The third-order valence-electron chi connectivity index (χ3n) is 3.75. The highest BCUT2D eigenvalue weighted by Crippen LogP contribution is 2.48. The van der Waals surface area contributed by atoms with E-state index >= 15 is 0 Å². The van der Waals surface area contributed by atoms with Gasteiger partial charge in [0.2, 0.25) is 0 Å². The van der Waals surface area contributed by atoms with E-state index in [0.717, 1.165) is 6.42 Å². The van der Waals surface area contributed by atoms with Gasteiger partial charge in [-0.05, 0) is 17.5 Å². The van der Waals surface area contributed by atoms with Gasteiger partial charge in [-0.3, -0.25) is 4.79 Å². The molecule has 0 aromatic heterocycles. The zero-order chi connectivity index (χ0) is 12.0. The molecule has 2 unspecified atom stereocenters. The minimum absolute atomic E-state index is 0.0332. The van der Waals surface area contributed by atoms with Crippen molar-refractivity contribution in [1.82, 2.24) is 4.90 Å². The molecule has 3 rings (SSSR count). The number of fused-ring (bicyclic) bond motifs is 3. The lowest BCUT2D eigenvalue weighted by molar-refractivity contribution is -0.125. The molecular formula is C14H12N2O. The summed E-state index contributed by atoms with van der Waals surface area (Å²) in [4.78, 5) is 13.6. The summed E-state index contributed by atoms with van der Waals surface area (Å²) in [7, 11) is 0. The van der Waals surface area contributed by atoms with E-state index in [2.05, 4.69) is 24.8 Å². The number of amides is 1. The summed E-state index contributed by atoms with van der Waals surface area (Å²) in [5, 5.41) is 8.83. The zero-order valence-electron chi connectivity index (χ0n) is 9.39. The van der Waals surface area contributed by atoms with Gasteiger partial charge in [0.05, 0.1) is 12.1 Å². The monoisotopic (exact) mass is 224 g/mol. The lowest BCUT2D eigenvalue weighted by Crippen LogP contribution is -2.28. The Bertz CT molecular complexity index is 556. The molecule has 2 atom stereocenters. The van der Waals surface area contributed by atoms with Crippen LogP contribution in [-0.4, -0.2) is 17.4 Å². The Morgan fingerprint density at radius 1 is 1.47 bits per heavy atom. The summed E-state index contributed by atoms with van der Waals surface area (Å²) in [6.07, 6.45) is 0.868. The third kappa shape index (κ3) is 1.24. The lowest BCUT2D eigenvalue weighted by Gasteiger charge is -2.21. The summed E-state index contributed by atoms with van der Waals surface area (Å²) in [6.45, 7) is 4.04. The summed E-state index contributed by atoms with van der Waals surface area (Å²) < 4.78 is 0. The van der Waals surface area contributed by atoms with E-state index < -0.39 is 0 Å². The number of benzene rings is 1. The van der Waals surface area contributed by atoms with Crippen molar-refractivity contribution in [1.29, 1.82) is 5.26 Å². The first-order valence-electron chi connectivity index (χ1n) is 5.68. The van der Waals surface area contributed by atoms with E-state index in [1.54, 1.807) is 4.90 Å². The number of carbonyl (C=O) groups excluding carboxylic acids is 1. The van der Waals surface area contributed by atoms with Crippen molar-refractivity contribution >= 4 is 5.91 Å². The van der Waals surface area contributed by atoms with Crippen molar-refractivity contribution in [3.8, 4) is 6.07 Å². The second-order valence-corrected chi connectivity index (χ2v) is 4.57. The molecule has 17 heavy (non-hydrogen) atoms. The lowest BCUT2D eigenvalue weighted by atomic mass is 9.98. The van der Waals surface area contributed by atoms with Crippen molar-refractivity contribution < 1.29 is 4.79 Å². The predicted molar refractivity (Wildman–Crippen MR) is 62.8 cm³/mol. The molecule has 0 N–H and O–H groups in total. The minimum atomic E-state index is -0.0592. The Balaban J connectivity index is 2.09. The fraction of sp³-hybridized carbons (Fsp3) is 0.286. The molecule has 1 aromatic carbocycles. The van der Waals surface area contributed by atoms with Gasteiger partial charge >= 0.3 is 0 Å². The molecule has 1 aliphatic carbocycles. The molecule has 1 aliphatic heterocycles. The molecule has 1 fully saturated rings. The molecule has 3 heteroatoms. The number of rotatable bonds is 1. The molecule has 1 amide bonds. The molecule has 0 saturated carbocycles. The Hall–Kier alpha value is -2.08. The van der Waals surface area contributed by atoms with Gasteiger partial charge in [-0.1, -0.05) is 30.8 Å². The highest BCUT2D eigenvalue weighted by atomic mass is 16.2. The maximum atomic E-state index is 12.0. The van der Waals surface area contributed by atoms with E-state index in [9.17, 15) is 4.79 Å². The van der Waals surface area contributed by atoms with Crippen molar-refractivity contribution in [3.63, 3.8) is 0 Å². The molecule has 3 nitrogen and oxygen atoms in total. The van der Waals surface area contributed by atoms with Crippen LogP contribution in [0.4, 0.5) is 0 Å². The standard InChI is InChI=1S/C14H12N2O/c1-9-12-8-10-4-2-3-5-11(10)13(12)16(7-6-15)14(9)17/h2-5,12-13H,1,7-8H2. The second-order valence-electron chi connectivity index (χ2n) is 4.57. The number of hydrogen-bond donors (Lipinski definition) is 0. The van der Waals surface area contributed by atoms with Crippen LogP contribution < -0.4 is 0 Å². The summed E-state index contributed by atoms with van der Waals surface area (Å²) >= 11 is 0. The molecule has 2 aliphatic rings. The van der Waals surface area contributed by atoms with Gasteiger partial charge in [0.25, 0.3) is 5.91 Å². The Kier molecular flexibility index (Phi) is 2.05. The molecular weight excluding hydrogens is 212 g/mol. The van der Waals surface area contributed by atoms with E-state index in [1.807, 2.05) is 12.1 Å². The average molecular weight is 224 g/mol. The van der Waals surface area contributed by atoms with Crippen LogP contribution in [0, 0.1) is 17.2 Å². The first-order chi connectivity index (χ1) is 8.24. The van der Waals surface area contributed by atoms with Crippen molar-refractivity contribution in [2.75, 3.05) is 6.54 Å². The van der Waals surface area contributed by atoms with Gasteiger partial charge in [-0.25, -0.2) is 0 Å². The Morgan fingerprint density at radius 2 is 2.24 bits per heavy atom. The van der Waals surface area contributed by atoms with Gasteiger partial charge in [-0.15, -0.1) is 0 Å². The summed E-state index contributed by atoms with van der Waals surface area (Å²) in [5.41, 5.74) is 3.11. The Morgan fingerprint density at radius 3 is 3.00 bits per heavy atom. The van der Waals surface area contributed by atoms with Crippen molar-refractivity contribution in [3.05, 3.63) is 47.5 Å².